The van der Waals surface area contributed by atoms with Gasteiger partial charge in [0.05, 0.1) is 12.2 Å². The van der Waals surface area contributed by atoms with Crippen LogP contribution in [0.25, 0.3) is 0 Å². The van der Waals surface area contributed by atoms with Gasteiger partial charge in [-0.15, -0.1) is 0 Å². The second-order valence-electron chi connectivity index (χ2n) is 5.22. The zero-order valence-corrected chi connectivity index (χ0v) is 11.7. The summed E-state index contributed by atoms with van der Waals surface area (Å²) >= 11 is 0. The molecule has 0 aliphatic carbocycles. The van der Waals surface area contributed by atoms with Crippen LogP contribution in [-0.2, 0) is 18.8 Å². The van der Waals surface area contributed by atoms with Crippen molar-refractivity contribution in [1.82, 2.24) is 5.32 Å². The number of benzene rings is 2. The van der Waals surface area contributed by atoms with Crippen molar-refractivity contribution in [3.63, 3.8) is 0 Å². The summed E-state index contributed by atoms with van der Waals surface area (Å²) in [6, 6.07) is 17.4. The lowest BCUT2D eigenvalue weighted by Crippen LogP contribution is -2.35. The summed E-state index contributed by atoms with van der Waals surface area (Å²) in [7, 11) is 0. The molecule has 0 aromatic heterocycles. The molecule has 0 aliphatic rings. The van der Waals surface area contributed by atoms with Gasteiger partial charge in [-0.25, -0.2) is 0 Å². The van der Waals surface area contributed by atoms with Crippen LogP contribution in [0.4, 0.5) is 0 Å². The van der Waals surface area contributed by atoms with Crippen molar-refractivity contribution >= 4 is 0 Å². The van der Waals surface area contributed by atoms with Gasteiger partial charge >= 0.3 is 0 Å². The van der Waals surface area contributed by atoms with Gasteiger partial charge in [0.15, 0.2) is 0 Å². The van der Waals surface area contributed by atoms with Crippen LogP contribution >= 0.6 is 0 Å². The van der Waals surface area contributed by atoms with Gasteiger partial charge in [0, 0.05) is 13.1 Å². The molecule has 20 heavy (non-hydrogen) atoms. The zero-order valence-electron chi connectivity index (χ0n) is 11.7. The first-order chi connectivity index (χ1) is 9.62. The minimum Gasteiger partial charge on any atom is -0.392 e. The topological polar surface area (TPSA) is 52.5 Å². The molecule has 0 bridgehead atoms. The highest BCUT2D eigenvalue weighted by Crippen LogP contribution is 2.19. The molecule has 1 unspecified atom stereocenters. The van der Waals surface area contributed by atoms with Gasteiger partial charge in [-0.2, -0.15) is 0 Å². The van der Waals surface area contributed by atoms with Crippen LogP contribution in [0.1, 0.15) is 23.6 Å². The predicted octanol–water partition coefficient (Wildman–Crippen LogP) is 2.18. The van der Waals surface area contributed by atoms with E-state index in [1.807, 2.05) is 61.5 Å². The largest absolute Gasteiger partial charge is 0.392 e. The maximum absolute atomic E-state index is 10.5. The van der Waals surface area contributed by atoms with Gasteiger partial charge in [-0.1, -0.05) is 54.6 Å². The summed E-state index contributed by atoms with van der Waals surface area (Å²) in [5.74, 6) is 0. The molecule has 0 spiro atoms. The maximum atomic E-state index is 10.5. The fourth-order valence-electron chi connectivity index (χ4n) is 2.11. The first-order valence-corrected chi connectivity index (χ1v) is 6.79. The van der Waals surface area contributed by atoms with Crippen LogP contribution in [-0.4, -0.2) is 16.8 Å². The minimum absolute atomic E-state index is 0.0659. The van der Waals surface area contributed by atoms with E-state index in [0.717, 1.165) is 16.7 Å². The molecule has 3 heteroatoms. The number of aliphatic hydroxyl groups is 2. The first-order valence-electron chi connectivity index (χ1n) is 6.79. The Bertz CT molecular complexity index is 520. The molecule has 0 saturated heterocycles. The van der Waals surface area contributed by atoms with Crippen molar-refractivity contribution in [2.75, 3.05) is 6.54 Å². The lowest BCUT2D eigenvalue weighted by atomic mass is 9.96. The second kappa shape index (κ2) is 6.66. The zero-order chi connectivity index (χ0) is 14.4. The number of hydrogen-bond donors (Lipinski definition) is 3. The van der Waals surface area contributed by atoms with Gasteiger partial charge in [0.2, 0.25) is 0 Å². The molecule has 3 nitrogen and oxygen atoms in total. The van der Waals surface area contributed by atoms with E-state index in [4.69, 9.17) is 5.11 Å². The fourth-order valence-corrected chi connectivity index (χ4v) is 2.11. The van der Waals surface area contributed by atoms with Crippen LogP contribution < -0.4 is 5.32 Å². The predicted molar refractivity (Wildman–Crippen MR) is 80.1 cm³/mol. The average Bonchev–Trinajstić information content (AvgIpc) is 2.49. The molecule has 0 heterocycles. The summed E-state index contributed by atoms with van der Waals surface area (Å²) < 4.78 is 0. The lowest BCUT2D eigenvalue weighted by Gasteiger charge is -2.24. The monoisotopic (exact) mass is 271 g/mol. The van der Waals surface area contributed by atoms with Crippen molar-refractivity contribution in [2.45, 2.75) is 25.7 Å². The van der Waals surface area contributed by atoms with Gasteiger partial charge < -0.3 is 15.5 Å². The highest BCUT2D eigenvalue weighted by atomic mass is 16.3. The molecule has 1 atom stereocenters. The van der Waals surface area contributed by atoms with E-state index >= 15 is 0 Å². The molecule has 106 valence electrons. The van der Waals surface area contributed by atoms with E-state index in [2.05, 4.69) is 5.32 Å². The third kappa shape index (κ3) is 3.90. The number of nitrogens with one attached hydrogen (secondary N) is 1. The van der Waals surface area contributed by atoms with E-state index < -0.39 is 5.60 Å². The SMILES string of the molecule is CC(O)(CNCc1ccc(CO)cc1)c1ccccc1. The summed E-state index contributed by atoms with van der Waals surface area (Å²) in [6.07, 6.45) is 0. The smallest absolute Gasteiger partial charge is 0.0992 e. The Morgan fingerprint density at radius 2 is 1.55 bits per heavy atom. The van der Waals surface area contributed by atoms with E-state index in [-0.39, 0.29) is 6.61 Å². The summed E-state index contributed by atoms with van der Waals surface area (Å²) in [6.45, 7) is 3.05. The Kier molecular flexibility index (Phi) is 4.90. The Labute approximate surface area is 119 Å². The number of aliphatic hydroxyl groups excluding tert-OH is 1. The third-order valence-corrected chi connectivity index (χ3v) is 3.40. The van der Waals surface area contributed by atoms with E-state index in [9.17, 15) is 5.11 Å². The van der Waals surface area contributed by atoms with Crippen molar-refractivity contribution < 1.29 is 10.2 Å². The van der Waals surface area contributed by atoms with Crippen LogP contribution in [0.2, 0.25) is 0 Å². The van der Waals surface area contributed by atoms with Gasteiger partial charge in [-0.3, -0.25) is 0 Å². The van der Waals surface area contributed by atoms with Crippen LogP contribution in [0, 0.1) is 0 Å². The fraction of sp³-hybridized carbons (Fsp3) is 0.294. The van der Waals surface area contributed by atoms with E-state index in [1.165, 1.54) is 0 Å². The van der Waals surface area contributed by atoms with Crippen LogP contribution in [0.15, 0.2) is 54.6 Å². The van der Waals surface area contributed by atoms with E-state index in [1.54, 1.807) is 0 Å². The standard InChI is InChI=1S/C17H21NO2/c1-17(20,16-5-3-2-4-6-16)13-18-11-14-7-9-15(12-19)10-8-14/h2-10,18-20H,11-13H2,1H3. The van der Waals surface area contributed by atoms with Crippen molar-refractivity contribution in [3.8, 4) is 0 Å². The Balaban J connectivity index is 1.88. The molecule has 2 aromatic rings. The first kappa shape index (κ1) is 14.7. The molecule has 0 saturated carbocycles. The third-order valence-electron chi connectivity index (χ3n) is 3.40. The van der Waals surface area contributed by atoms with Crippen molar-refractivity contribution in [1.29, 1.82) is 0 Å². The summed E-state index contributed by atoms with van der Waals surface area (Å²) in [5, 5.41) is 22.7. The molecular weight excluding hydrogens is 250 g/mol. The summed E-state index contributed by atoms with van der Waals surface area (Å²) in [5.41, 5.74) is 2.06. The van der Waals surface area contributed by atoms with Gasteiger partial charge in [-0.05, 0) is 23.6 Å². The average molecular weight is 271 g/mol. The van der Waals surface area contributed by atoms with Gasteiger partial charge in [0.1, 0.15) is 0 Å². The molecule has 2 rings (SSSR count). The number of hydrogen-bond acceptors (Lipinski definition) is 3. The lowest BCUT2D eigenvalue weighted by molar-refractivity contribution is 0.0567. The molecule has 3 N–H and O–H groups in total. The maximum Gasteiger partial charge on any atom is 0.0992 e. The molecule has 0 fully saturated rings. The molecule has 0 radical (unpaired) electrons. The molecule has 2 aromatic carbocycles. The Hall–Kier alpha value is -1.68. The number of rotatable bonds is 6. The quantitative estimate of drug-likeness (QED) is 0.755. The highest BCUT2D eigenvalue weighted by Gasteiger charge is 2.21. The molecule has 0 amide bonds. The van der Waals surface area contributed by atoms with Gasteiger partial charge in [0.25, 0.3) is 0 Å². The molecule has 0 aliphatic heterocycles. The normalized spacial score (nSPS) is 13.9. The van der Waals surface area contributed by atoms with Crippen LogP contribution in [0.5, 0.6) is 0 Å². The van der Waals surface area contributed by atoms with E-state index in [0.29, 0.717) is 13.1 Å². The molecular formula is C17H21NO2. The Morgan fingerprint density at radius 1 is 0.950 bits per heavy atom. The van der Waals surface area contributed by atoms with Crippen molar-refractivity contribution in [3.05, 3.63) is 71.3 Å². The van der Waals surface area contributed by atoms with Crippen molar-refractivity contribution in [2.24, 2.45) is 0 Å². The van der Waals surface area contributed by atoms with Crippen LogP contribution in [0.3, 0.4) is 0 Å². The minimum atomic E-state index is -0.883. The second-order valence-corrected chi connectivity index (χ2v) is 5.22. The summed E-state index contributed by atoms with van der Waals surface area (Å²) in [4.78, 5) is 0. The Morgan fingerprint density at radius 3 is 2.15 bits per heavy atom. The highest BCUT2D eigenvalue weighted by molar-refractivity contribution is 5.23.